The van der Waals surface area contributed by atoms with Gasteiger partial charge in [-0.05, 0) is 35.9 Å². The first-order chi connectivity index (χ1) is 9.44. The summed E-state index contributed by atoms with van der Waals surface area (Å²) in [7, 11) is 1.58. The summed E-state index contributed by atoms with van der Waals surface area (Å²) >= 11 is 5.96. The first-order valence-electron chi connectivity index (χ1n) is 6.01. The zero-order valence-corrected chi connectivity index (χ0v) is 11.4. The number of carbonyl (C=O) groups excluding carboxylic acids is 1. The normalized spacial score (nSPS) is 21.2. The minimum absolute atomic E-state index is 0.316. The van der Waals surface area contributed by atoms with E-state index in [-0.39, 0.29) is 0 Å². The molecule has 102 valence electrons. The molecule has 3 nitrogen and oxygen atoms in total. The smallest absolute Gasteiger partial charge is 0.268 e. The molecule has 2 aromatic rings. The molecule has 0 saturated heterocycles. The Morgan fingerprint density at radius 2 is 1.85 bits per heavy atom. The fourth-order valence-electron chi connectivity index (χ4n) is 2.53. The third kappa shape index (κ3) is 1.65. The molecule has 1 aliphatic heterocycles. The van der Waals surface area contributed by atoms with Crippen LogP contribution in [-0.4, -0.2) is 18.1 Å². The molecule has 0 spiro atoms. The average molecular weight is 292 g/mol. The number of hydrogen-bond donors (Lipinski definition) is 1. The molecule has 0 bridgehead atoms. The number of anilines is 1. The van der Waals surface area contributed by atoms with Crippen molar-refractivity contribution >= 4 is 23.2 Å². The molecule has 3 rings (SSSR count). The number of carbonyl (C=O) groups is 1. The lowest BCUT2D eigenvalue weighted by molar-refractivity contribution is -0.131. The van der Waals surface area contributed by atoms with Crippen molar-refractivity contribution in [1.82, 2.24) is 0 Å². The van der Waals surface area contributed by atoms with Crippen molar-refractivity contribution in [2.75, 3.05) is 11.9 Å². The van der Waals surface area contributed by atoms with Crippen molar-refractivity contribution in [2.45, 2.75) is 5.60 Å². The van der Waals surface area contributed by atoms with Gasteiger partial charge < -0.3 is 10.0 Å². The minimum atomic E-state index is -1.83. The third-order valence-electron chi connectivity index (χ3n) is 3.59. The molecule has 20 heavy (non-hydrogen) atoms. The molecule has 1 amide bonds. The maximum atomic E-state index is 13.0. The Kier molecular flexibility index (Phi) is 2.81. The van der Waals surface area contributed by atoms with E-state index in [0.29, 0.717) is 21.8 Å². The molecule has 0 fully saturated rings. The van der Waals surface area contributed by atoms with Crippen molar-refractivity contribution in [2.24, 2.45) is 0 Å². The van der Waals surface area contributed by atoms with Crippen molar-refractivity contribution < 1.29 is 14.3 Å². The summed E-state index contributed by atoms with van der Waals surface area (Å²) in [4.78, 5) is 13.8. The lowest BCUT2D eigenvalue weighted by atomic mass is 9.87. The molecule has 1 aliphatic rings. The van der Waals surface area contributed by atoms with Crippen LogP contribution in [0.25, 0.3) is 0 Å². The number of halogens is 2. The monoisotopic (exact) mass is 291 g/mol. The molecule has 2 aromatic carbocycles. The molecular formula is C15H11ClFNO2. The van der Waals surface area contributed by atoms with Gasteiger partial charge in [0.05, 0.1) is 5.69 Å². The highest BCUT2D eigenvalue weighted by atomic mass is 35.5. The highest BCUT2D eigenvalue weighted by molar-refractivity contribution is 6.31. The summed E-state index contributed by atoms with van der Waals surface area (Å²) < 4.78 is 13.0. The van der Waals surface area contributed by atoms with Gasteiger partial charge in [-0.1, -0.05) is 23.7 Å². The minimum Gasteiger partial charge on any atom is -0.372 e. The molecular weight excluding hydrogens is 281 g/mol. The average Bonchev–Trinajstić information content (AvgIpc) is 2.62. The quantitative estimate of drug-likeness (QED) is 0.877. The van der Waals surface area contributed by atoms with Crippen LogP contribution in [0.15, 0.2) is 42.5 Å². The second-order valence-electron chi connectivity index (χ2n) is 4.74. The van der Waals surface area contributed by atoms with E-state index in [1.165, 1.54) is 29.2 Å². The summed E-state index contributed by atoms with van der Waals surface area (Å²) in [6.45, 7) is 0. The number of fused-ring (bicyclic) bond motifs is 1. The van der Waals surface area contributed by atoms with Gasteiger partial charge in [-0.15, -0.1) is 0 Å². The Labute approximate surface area is 120 Å². The van der Waals surface area contributed by atoms with Gasteiger partial charge in [0.15, 0.2) is 5.60 Å². The lowest BCUT2D eigenvalue weighted by Gasteiger charge is -2.22. The van der Waals surface area contributed by atoms with Crippen LogP contribution in [0.4, 0.5) is 10.1 Å². The zero-order chi connectivity index (χ0) is 14.5. The van der Waals surface area contributed by atoms with Gasteiger partial charge in [0.25, 0.3) is 5.91 Å². The summed E-state index contributed by atoms with van der Waals surface area (Å²) in [5, 5.41) is 11.3. The van der Waals surface area contributed by atoms with Gasteiger partial charge in [-0.25, -0.2) is 4.39 Å². The van der Waals surface area contributed by atoms with Gasteiger partial charge in [0.2, 0.25) is 0 Å². The van der Waals surface area contributed by atoms with Crippen LogP contribution in [-0.2, 0) is 10.4 Å². The standard InChI is InChI=1S/C15H11ClFNO2/c1-18-13-7-4-10(16)8-12(13)15(20,14(18)19)9-2-5-11(17)6-3-9/h2-8,20H,1H3/t15-/m1/s1. The molecule has 1 heterocycles. The van der Waals surface area contributed by atoms with Gasteiger partial charge in [-0.3, -0.25) is 4.79 Å². The SMILES string of the molecule is CN1C(=O)[C@@](O)(c2ccc(F)cc2)c2cc(Cl)ccc21. The van der Waals surface area contributed by atoms with E-state index in [9.17, 15) is 14.3 Å². The van der Waals surface area contributed by atoms with Crippen LogP contribution in [0.3, 0.4) is 0 Å². The maximum absolute atomic E-state index is 13.0. The van der Waals surface area contributed by atoms with Gasteiger partial charge in [0, 0.05) is 17.6 Å². The highest BCUT2D eigenvalue weighted by Gasteiger charge is 2.49. The van der Waals surface area contributed by atoms with Crippen molar-refractivity contribution in [1.29, 1.82) is 0 Å². The maximum Gasteiger partial charge on any atom is 0.268 e. The number of nitrogens with zero attached hydrogens (tertiary/aromatic N) is 1. The van der Waals surface area contributed by atoms with E-state index in [4.69, 9.17) is 11.6 Å². The summed E-state index contributed by atoms with van der Waals surface area (Å²) in [5.74, 6) is -0.913. The van der Waals surface area contributed by atoms with E-state index >= 15 is 0 Å². The van der Waals surface area contributed by atoms with E-state index in [1.54, 1.807) is 25.2 Å². The van der Waals surface area contributed by atoms with E-state index < -0.39 is 17.3 Å². The molecule has 0 unspecified atom stereocenters. The van der Waals surface area contributed by atoms with Gasteiger partial charge in [0.1, 0.15) is 5.82 Å². The summed E-state index contributed by atoms with van der Waals surface area (Å²) in [6.07, 6.45) is 0. The second-order valence-corrected chi connectivity index (χ2v) is 5.18. The van der Waals surface area contributed by atoms with Crippen molar-refractivity contribution in [3.05, 3.63) is 64.4 Å². The van der Waals surface area contributed by atoms with Crippen molar-refractivity contribution in [3.63, 3.8) is 0 Å². The molecule has 1 N–H and O–H groups in total. The first-order valence-corrected chi connectivity index (χ1v) is 6.39. The van der Waals surface area contributed by atoms with Crippen LogP contribution < -0.4 is 4.90 Å². The third-order valence-corrected chi connectivity index (χ3v) is 3.82. The van der Waals surface area contributed by atoms with E-state index in [0.717, 1.165) is 0 Å². The van der Waals surface area contributed by atoms with Gasteiger partial charge in [-0.2, -0.15) is 0 Å². The number of aliphatic hydroxyl groups is 1. The largest absolute Gasteiger partial charge is 0.372 e. The molecule has 0 saturated carbocycles. The lowest BCUT2D eigenvalue weighted by Crippen LogP contribution is -2.39. The first kappa shape index (κ1) is 13.1. The highest BCUT2D eigenvalue weighted by Crippen LogP contribution is 2.44. The van der Waals surface area contributed by atoms with E-state index in [1.807, 2.05) is 0 Å². The van der Waals surface area contributed by atoms with Gasteiger partial charge >= 0.3 is 0 Å². The summed E-state index contributed by atoms with van der Waals surface area (Å²) in [5.41, 5.74) is -0.519. The molecule has 0 radical (unpaired) electrons. The fraction of sp³-hybridized carbons (Fsp3) is 0.133. The predicted molar refractivity (Wildman–Crippen MR) is 74.3 cm³/mol. The van der Waals surface area contributed by atoms with Crippen LogP contribution >= 0.6 is 11.6 Å². The molecule has 0 aromatic heterocycles. The van der Waals surface area contributed by atoms with Crippen LogP contribution in [0.5, 0.6) is 0 Å². The molecule has 0 aliphatic carbocycles. The number of likely N-dealkylation sites (N-methyl/N-ethyl adjacent to an activating group) is 1. The predicted octanol–water partition coefficient (Wildman–Crippen LogP) is 2.69. The fourth-order valence-corrected chi connectivity index (χ4v) is 2.70. The second kappa shape index (κ2) is 4.30. The van der Waals surface area contributed by atoms with Crippen LogP contribution in [0.1, 0.15) is 11.1 Å². The Morgan fingerprint density at radius 3 is 2.50 bits per heavy atom. The molecule has 5 heteroatoms. The number of hydrogen-bond acceptors (Lipinski definition) is 2. The molecule has 1 atom stereocenters. The Balaban J connectivity index is 2.25. The Hall–Kier alpha value is -1.91. The zero-order valence-electron chi connectivity index (χ0n) is 10.6. The van der Waals surface area contributed by atoms with Crippen LogP contribution in [0.2, 0.25) is 5.02 Å². The Morgan fingerprint density at radius 1 is 1.20 bits per heavy atom. The number of rotatable bonds is 1. The number of amides is 1. The topological polar surface area (TPSA) is 40.5 Å². The van der Waals surface area contributed by atoms with E-state index in [2.05, 4.69) is 0 Å². The number of benzene rings is 2. The van der Waals surface area contributed by atoms with Crippen LogP contribution in [0, 0.1) is 5.82 Å². The Bertz CT molecular complexity index is 702. The van der Waals surface area contributed by atoms with Crippen molar-refractivity contribution in [3.8, 4) is 0 Å². The summed E-state index contributed by atoms with van der Waals surface area (Å²) in [6, 6.07) is 10.1.